The molecule has 0 radical (unpaired) electrons. The van der Waals surface area contributed by atoms with E-state index in [9.17, 15) is 4.79 Å². The molecule has 1 fully saturated rings. The first-order valence-corrected chi connectivity index (χ1v) is 7.29. The van der Waals surface area contributed by atoms with E-state index < -0.39 is 0 Å². The van der Waals surface area contributed by atoms with E-state index in [2.05, 4.69) is 36.4 Å². The fourth-order valence-corrected chi connectivity index (χ4v) is 2.97. The van der Waals surface area contributed by atoms with E-state index in [4.69, 9.17) is 5.73 Å². The molecule has 0 aromatic heterocycles. The van der Waals surface area contributed by atoms with Gasteiger partial charge in [0.2, 0.25) is 0 Å². The standard InChI is InChI=1S/C14H19IN2O.ClH/c1-14(2)9-17(8-7-12(14)16)13(18)10-5-3-4-6-11(10)15;/h3-6,12H,7-9,16H2,1-2H3;1H. The molecule has 1 amide bonds. The number of nitrogens with two attached hydrogens (primary N) is 1. The van der Waals surface area contributed by atoms with E-state index in [1.807, 2.05) is 29.2 Å². The van der Waals surface area contributed by atoms with Gasteiger partial charge in [0.25, 0.3) is 5.91 Å². The van der Waals surface area contributed by atoms with Crippen LogP contribution in [0.15, 0.2) is 24.3 Å². The van der Waals surface area contributed by atoms with E-state index in [0.29, 0.717) is 0 Å². The normalized spacial score (nSPS) is 21.7. The monoisotopic (exact) mass is 394 g/mol. The average Bonchev–Trinajstić information content (AvgIpc) is 2.32. The van der Waals surface area contributed by atoms with Crippen LogP contribution in [0.4, 0.5) is 0 Å². The smallest absolute Gasteiger partial charge is 0.254 e. The molecule has 1 heterocycles. The molecule has 2 N–H and O–H groups in total. The molecule has 0 bridgehead atoms. The van der Waals surface area contributed by atoms with Crippen LogP contribution >= 0.6 is 35.0 Å². The van der Waals surface area contributed by atoms with Crippen LogP contribution in [0.2, 0.25) is 0 Å². The molecular weight excluding hydrogens is 375 g/mol. The minimum absolute atomic E-state index is 0. The Labute approximate surface area is 134 Å². The number of benzene rings is 1. The molecule has 1 aliphatic heterocycles. The molecule has 1 aromatic rings. The van der Waals surface area contributed by atoms with Gasteiger partial charge in [0.15, 0.2) is 0 Å². The van der Waals surface area contributed by atoms with Crippen molar-refractivity contribution in [3.05, 3.63) is 33.4 Å². The maximum absolute atomic E-state index is 12.5. The van der Waals surface area contributed by atoms with E-state index in [0.717, 1.165) is 28.6 Å². The second-order valence-electron chi connectivity index (χ2n) is 5.59. The summed E-state index contributed by atoms with van der Waals surface area (Å²) in [7, 11) is 0. The summed E-state index contributed by atoms with van der Waals surface area (Å²) in [6.45, 7) is 5.76. The molecule has 3 nitrogen and oxygen atoms in total. The molecule has 1 saturated heterocycles. The number of hydrogen-bond donors (Lipinski definition) is 1. The maximum Gasteiger partial charge on any atom is 0.254 e. The van der Waals surface area contributed by atoms with Crippen molar-refractivity contribution >= 4 is 40.9 Å². The van der Waals surface area contributed by atoms with E-state index in [-0.39, 0.29) is 29.8 Å². The number of nitrogens with zero attached hydrogens (tertiary/aromatic N) is 1. The van der Waals surface area contributed by atoms with E-state index >= 15 is 0 Å². The predicted octanol–water partition coefficient (Wildman–Crippen LogP) is 2.91. The van der Waals surface area contributed by atoms with Gasteiger partial charge < -0.3 is 10.6 Å². The molecule has 1 atom stereocenters. The molecule has 106 valence electrons. The van der Waals surface area contributed by atoms with Crippen LogP contribution in [-0.4, -0.2) is 29.9 Å². The highest BCUT2D eigenvalue weighted by molar-refractivity contribution is 14.1. The lowest BCUT2D eigenvalue weighted by Crippen LogP contribution is -2.54. The second kappa shape index (κ2) is 6.41. The number of halogens is 2. The summed E-state index contributed by atoms with van der Waals surface area (Å²) in [5.41, 5.74) is 6.89. The van der Waals surface area contributed by atoms with Crippen LogP contribution < -0.4 is 5.73 Å². The quantitative estimate of drug-likeness (QED) is 0.745. The van der Waals surface area contributed by atoms with Crippen molar-refractivity contribution in [1.29, 1.82) is 0 Å². The molecule has 19 heavy (non-hydrogen) atoms. The number of carbonyl (C=O) groups is 1. The summed E-state index contributed by atoms with van der Waals surface area (Å²) >= 11 is 2.21. The lowest BCUT2D eigenvalue weighted by molar-refractivity contribution is 0.0532. The number of hydrogen-bond acceptors (Lipinski definition) is 2. The van der Waals surface area contributed by atoms with Gasteiger partial charge in [0.1, 0.15) is 0 Å². The number of likely N-dealkylation sites (tertiary alicyclic amines) is 1. The minimum Gasteiger partial charge on any atom is -0.338 e. The van der Waals surface area contributed by atoms with Crippen molar-refractivity contribution in [1.82, 2.24) is 4.90 Å². The summed E-state index contributed by atoms with van der Waals surface area (Å²) in [4.78, 5) is 14.4. The third-order valence-electron chi connectivity index (χ3n) is 3.70. The van der Waals surface area contributed by atoms with Crippen LogP contribution in [0, 0.1) is 8.99 Å². The molecule has 1 aliphatic rings. The number of piperidine rings is 1. The van der Waals surface area contributed by atoms with Crippen LogP contribution in [-0.2, 0) is 0 Å². The SMILES string of the molecule is CC1(C)CN(C(=O)c2ccccc2I)CCC1N.Cl. The Kier molecular flexibility index (Phi) is 5.65. The van der Waals surface area contributed by atoms with Gasteiger partial charge in [0, 0.05) is 22.7 Å². The molecule has 1 aromatic carbocycles. The summed E-state index contributed by atoms with van der Waals surface area (Å²) < 4.78 is 1.01. The highest BCUT2D eigenvalue weighted by Crippen LogP contribution is 2.29. The topological polar surface area (TPSA) is 46.3 Å². The Morgan fingerprint density at radius 1 is 1.42 bits per heavy atom. The molecule has 0 saturated carbocycles. The van der Waals surface area contributed by atoms with Gasteiger partial charge in [-0.25, -0.2) is 0 Å². The van der Waals surface area contributed by atoms with Crippen molar-refractivity contribution in [2.45, 2.75) is 26.3 Å². The molecule has 2 rings (SSSR count). The maximum atomic E-state index is 12.5. The largest absolute Gasteiger partial charge is 0.338 e. The van der Waals surface area contributed by atoms with Crippen molar-refractivity contribution < 1.29 is 4.79 Å². The van der Waals surface area contributed by atoms with Gasteiger partial charge in [-0.15, -0.1) is 12.4 Å². The molecule has 1 unspecified atom stereocenters. The van der Waals surface area contributed by atoms with Gasteiger partial charge in [-0.1, -0.05) is 26.0 Å². The van der Waals surface area contributed by atoms with Crippen molar-refractivity contribution in [3.8, 4) is 0 Å². The Bertz CT molecular complexity index is 465. The summed E-state index contributed by atoms with van der Waals surface area (Å²) in [5, 5.41) is 0. The Morgan fingerprint density at radius 2 is 2.05 bits per heavy atom. The van der Waals surface area contributed by atoms with Crippen molar-refractivity contribution in [3.63, 3.8) is 0 Å². The Balaban J connectivity index is 0.00000180. The van der Waals surface area contributed by atoms with Crippen LogP contribution in [0.25, 0.3) is 0 Å². The van der Waals surface area contributed by atoms with Gasteiger partial charge in [-0.05, 0) is 46.6 Å². The fourth-order valence-electron chi connectivity index (χ4n) is 2.35. The van der Waals surface area contributed by atoms with Crippen molar-refractivity contribution in [2.24, 2.45) is 11.1 Å². The molecular formula is C14H20ClIN2O. The zero-order chi connectivity index (χ0) is 13.3. The average molecular weight is 395 g/mol. The minimum atomic E-state index is -0.00583. The van der Waals surface area contributed by atoms with Crippen LogP contribution in [0.3, 0.4) is 0 Å². The summed E-state index contributed by atoms with van der Waals surface area (Å²) in [5.74, 6) is 0.125. The predicted molar refractivity (Wildman–Crippen MR) is 88.7 cm³/mol. The fraction of sp³-hybridized carbons (Fsp3) is 0.500. The highest BCUT2D eigenvalue weighted by Gasteiger charge is 2.35. The lowest BCUT2D eigenvalue weighted by atomic mass is 9.79. The Hall–Kier alpha value is -0.330. The number of carbonyl (C=O) groups excluding carboxylic acids is 1. The van der Waals surface area contributed by atoms with Gasteiger partial charge in [-0.2, -0.15) is 0 Å². The van der Waals surface area contributed by atoms with Gasteiger partial charge in [0.05, 0.1) is 5.56 Å². The van der Waals surface area contributed by atoms with Crippen molar-refractivity contribution in [2.75, 3.05) is 13.1 Å². The number of amides is 1. The summed E-state index contributed by atoms with van der Waals surface area (Å²) in [6.07, 6.45) is 0.877. The lowest BCUT2D eigenvalue weighted by Gasteiger charge is -2.42. The third-order valence-corrected chi connectivity index (χ3v) is 4.64. The Morgan fingerprint density at radius 3 is 2.63 bits per heavy atom. The van der Waals surface area contributed by atoms with E-state index in [1.165, 1.54) is 0 Å². The molecule has 0 aliphatic carbocycles. The molecule has 0 spiro atoms. The zero-order valence-electron chi connectivity index (χ0n) is 11.2. The van der Waals surface area contributed by atoms with Gasteiger partial charge >= 0.3 is 0 Å². The third kappa shape index (κ3) is 3.61. The first kappa shape index (κ1) is 16.7. The highest BCUT2D eigenvalue weighted by atomic mass is 127. The number of rotatable bonds is 1. The van der Waals surface area contributed by atoms with Crippen LogP contribution in [0.1, 0.15) is 30.6 Å². The zero-order valence-corrected chi connectivity index (χ0v) is 14.2. The molecule has 5 heteroatoms. The van der Waals surface area contributed by atoms with Gasteiger partial charge in [-0.3, -0.25) is 4.79 Å². The first-order chi connectivity index (χ1) is 8.42. The second-order valence-corrected chi connectivity index (χ2v) is 6.75. The van der Waals surface area contributed by atoms with Crippen LogP contribution in [0.5, 0.6) is 0 Å². The summed E-state index contributed by atoms with van der Waals surface area (Å²) in [6, 6.07) is 7.90. The first-order valence-electron chi connectivity index (χ1n) is 6.21. The van der Waals surface area contributed by atoms with E-state index in [1.54, 1.807) is 0 Å².